The van der Waals surface area contributed by atoms with Gasteiger partial charge in [-0.2, -0.15) is 0 Å². The quantitative estimate of drug-likeness (QED) is 0.347. The number of hydrogen-bond acceptors (Lipinski definition) is 4. The van der Waals surface area contributed by atoms with Gasteiger partial charge in [-0.05, 0) is 12.5 Å². The molecule has 7 heteroatoms. The Morgan fingerprint density at radius 3 is 2.17 bits per heavy atom. The number of nitrogens with one attached hydrogen (secondary N) is 1. The molecule has 1 N–H and O–H groups in total. The van der Waals surface area contributed by atoms with Gasteiger partial charge in [0, 0.05) is 18.5 Å². The van der Waals surface area contributed by atoms with Crippen LogP contribution in [0.4, 0.5) is 0 Å². The summed E-state index contributed by atoms with van der Waals surface area (Å²) in [4.78, 5) is 11.1. The van der Waals surface area contributed by atoms with Crippen LogP contribution >= 0.6 is 0 Å². The molecule has 0 atom stereocenters. The topological polar surface area (TPSA) is 86.3 Å². The van der Waals surface area contributed by atoms with E-state index < -0.39 is 15.9 Å². The van der Waals surface area contributed by atoms with Gasteiger partial charge in [-0.3, -0.25) is 4.79 Å². The Labute approximate surface area is 145 Å². The Balaban J connectivity index is 0.000000446. The lowest BCUT2D eigenvalue weighted by molar-refractivity contribution is -0.870. The van der Waals surface area contributed by atoms with Crippen LogP contribution in [-0.4, -0.2) is 57.6 Å². The molecule has 0 saturated carbocycles. The number of hydrogen-bond donors (Lipinski definition) is 1. The zero-order valence-corrected chi connectivity index (χ0v) is 15.7. The lowest BCUT2D eigenvalue weighted by Gasteiger charge is -2.23. The van der Waals surface area contributed by atoms with Crippen molar-refractivity contribution in [1.82, 2.24) is 5.32 Å². The van der Waals surface area contributed by atoms with Crippen molar-refractivity contribution >= 4 is 16.0 Å². The third-order valence-electron chi connectivity index (χ3n) is 2.87. The van der Waals surface area contributed by atoms with Crippen LogP contribution in [0.1, 0.15) is 18.9 Å². The van der Waals surface area contributed by atoms with E-state index in [1.807, 2.05) is 0 Å². The van der Waals surface area contributed by atoms with E-state index in [1.165, 1.54) is 0 Å². The molecule has 1 aromatic rings. The molecule has 0 heterocycles. The van der Waals surface area contributed by atoms with Crippen molar-refractivity contribution in [2.75, 3.05) is 34.2 Å². The second-order valence-corrected chi connectivity index (χ2v) is 8.00. The molecule has 0 aromatic heterocycles. The first-order valence-corrected chi connectivity index (χ1v) is 9.20. The fraction of sp³-hybridized carbons (Fsp3) is 0.471. The van der Waals surface area contributed by atoms with Gasteiger partial charge in [0.15, 0.2) is 0 Å². The molecule has 0 spiro atoms. The van der Waals surface area contributed by atoms with Gasteiger partial charge in [-0.25, -0.2) is 8.42 Å². The predicted octanol–water partition coefficient (Wildman–Crippen LogP) is 1.51. The second-order valence-electron chi connectivity index (χ2n) is 6.59. The standard InChI is InChI=1S/C10H20N2O.C7H8O3S/c1-9(2)10(13)11-7-6-8-12(3,4)5;8-11(9,10)6-7-4-2-1-3-5-7/h1,6-8H2,2-5H3;1-5H,6H2,(H,8,9,10). The average Bonchev–Trinajstić information content (AvgIpc) is 2.42. The van der Waals surface area contributed by atoms with Gasteiger partial charge in [-0.15, -0.1) is 0 Å². The highest BCUT2D eigenvalue weighted by Crippen LogP contribution is 2.02. The molecule has 136 valence electrons. The molecule has 24 heavy (non-hydrogen) atoms. The molecule has 0 fully saturated rings. The van der Waals surface area contributed by atoms with Gasteiger partial charge in [0.05, 0.1) is 43.6 Å². The van der Waals surface area contributed by atoms with Crippen LogP contribution in [0.2, 0.25) is 0 Å². The van der Waals surface area contributed by atoms with Crippen molar-refractivity contribution < 1.29 is 22.2 Å². The molecule has 1 aromatic carbocycles. The summed E-state index contributed by atoms with van der Waals surface area (Å²) in [5.74, 6) is -0.463. The van der Waals surface area contributed by atoms with E-state index >= 15 is 0 Å². The molecule has 1 amide bonds. The number of amides is 1. The summed E-state index contributed by atoms with van der Waals surface area (Å²) in [7, 11) is 2.29. The lowest BCUT2D eigenvalue weighted by Crippen LogP contribution is -2.37. The molecule has 0 unspecified atom stereocenters. The predicted molar refractivity (Wildman–Crippen MR) is 95.2 cm³/mol. The van der Waals surface area contributed by atoms with Crippen LogP contribution in [0.3, 0.4) is 0 Å². The van der Waals surface area contributed by atoms with E-state index in [-0.39, 0.29) is 5.91 Å². The van der Waals surface area contributed by atoms with E-state index in [4.69, 9.17) is 0 Å². The van der Waals surface area contributed by atoms with Crippen molar-refractivity contribution in [3.05, 3.63) is 48.0 Å². The number of rotatable bonds is 7. The van der Waals surface area contributed by atoms with E-state index in [0.717, 1.165) is 24.0 Å². The Kier molecular flexibility index (Phi) is 9.50. The van der Waals surface area contributed by atoms with Gasteiger partial charge in [0.2, 0.25) is 5.91 Å². The number of nitrogens with zero attached hydrogens (tertiary/aromatic N) is 1. The number of quaternary nitrogens is 1. The summed E-state index contributed by atoms with van der Waals surface area (Å²) in [5, 5.41) is 2.81. The van der Waals surface area contributed by atoms with E-state index in [0.29, 0.717) is 11.1 Å². The van der Waals surface area contributed by atoms with Crippen LogP contribution in [0.5, 0.6) is 0 Å². The van der Waals surface area contributed by atoms with Gasteiger partial charge in [0.1, 0.15) is 0 Å². The summed E-state index contributed by atoms with van der Waals surface area (Å²) < 4.78 is 31.7. The highest BCUT2D eigenvalue weighted by molar-refractivity contribution is 7.84. The minimum absolute atomic E-state index is 0.0404. The molecule has 6 nitrogen and oxygen atoms in total. The molecule has 0 bridgehead atoms. The number of benzene rings is 1. The van der Waals surface area contributed by atoms with Crippen LogP contribution in [0.25, 0.3) is 0 Å². The van der Waals surface area contributed by atoms with Crippen LogP contribution in [0.15, 0.2) is 42.5 Å². The minimum Gasteiger partial charge on any atom is -0.748 e. The minimum atomic E-state index is -4.13. The largest absolute Gasteiger partial charge is 0.748 e. The Bertz CT molecular complexity index is 620. The van der Waals surface area contributed by atoms with Crippen molar-refractivity contribution in [2.24, 2.45) is 0 Å². The molecule has 0 aliphatic heterocycles. The highest BCUT2D eigenvalue weighted by atomic mass is 32.2. The summed E-state index contributed by atoms with van der Waals surface area (Å²) in [6.45, 7) is 7.09. The fourth-order valence-corrected chi connectivity index (χ4v) is 2.29. The molecule has 0 aliphatic carbocycles. The van der Waals surface area contributed by atoms with Crippen molar-refractivity contribution in [2.45, 2.75) is 19.1 Å². The zero-order valence-electron chi connectivity index (χ0n) is 14.9. The Morgan fingerprint density at radius 2 is 1.75 bits per heavy atom. The Hall–Kier alpha value is -1.70. The monoisotopic (exact) mass is 356 g/mol. The van der Waals surface area contributed by atoms with Crippen LogP contribution < -0.4 is 5.32 Å². The van der Waals surface area contributed by atoms with E-state index in [9.17, 15) is 17.8 Å². The maximum absolute atomic E-state index is 11.1. The highest BCUT2D eigenvalue weighted by Gasteiger charge is 2.06. The van der Waals surface area contributed by atoms with Crippen molar-refractivity contribution in [3.8, 4) is 0 Å². The van der Waals surface area contributed by atoms with Crippen LogP contribution in [0, 0.1) is 0 Å². The van der Waals surface area contributed by atoms with E-state index in [2.05, 4.69) is 33.0 Å². The zero-order chi connectivity index (χ0) is 18.8. The van der Waals surface area contributed by atoms with Gasteiger partial charge in [0.25, 0.3) is 0 Å². The van der Waals surface area contributed by atoms with Gasteiger partial charge in [-0.1, -0.05) is 36.9 Å². The van der Waals surface area contributed by atoms with Crippen LogP contribution in [-0.2, 0) is 20.7 Å². The van der Waals surface area contributed by atoms with Crippen molar-refractivity contribution in [1.29, 1.82) is 0 Å². The number of carbonyl (C=O) groups excluding carboxylic acids is 1. The molecule has 0 radical (unpaired) electrons. The lowest BCUT2D eigenvalue weighted by atomic mass is 10.2. The third-order valence-corrected chi connectivity index (χ3v) is 3.55. The number of carbonyl (C=O) groups is 1. The fourth-order valence-electron chi connectivity index (χ4n) is 1.68. The smallest absolute Gasteiger partial charge is 0.246 e. The third kappa shape index (κ3) is 13.9. The first-order chi connectivity index (χ1) is 10.9. The summed E-state index contributed by atoms with van der Waals surface area (Å²) in [5.41, 5.74) is 1.10. The summed E-state index contributed by atoms with van der Waals surface area (Å²) in [6.07, 6.45) is 1.00. The SMILES string of the molecule is C=C(C)C(=O)NCCC[N+](C)(C)C.O=S(=O)([O-])Cc1ccccc1. The molecule has 1 rings (SSSR count). The summed E-state index contributed by atoms with van der Waals surface area (Å²) >= 11 is 0. The average molecular weight is 356 g/mol. The van der Waals surface area contributed by atoms with Gasteiger partial charge < -0.3 is 14.4 Å². The summed E-state index contributed by atoms with van der Waals surface area (Å²) in [6, 6.07) is 8.37. The maximum atomic E-state index is 11.1. The first kappa shape index (κ1) is 22.3. The first-order valence-electron chi connectivity index (χ1n) is 7.62. The molecule has 0 saturated heterocycles. The normalized spacial score (nSPS) is 11.2. The molecule has 0 aliphatic rings. The molecular formula is C17H28N2O4S. The van der Waals surface area contributed by atoms with Gasteiger partial charge >= 0.3 is 0 Å². The maximum Gasteiger partial charge on any atom is 0.246 e. The molecular weight excluding hydrogens is 328 g/mol. The van der Waals surface area contributed by atoms with E-state index in [1.54, 1.807) is 37.3 Å². The van der Waals surface area contributed by atoms with Crippen molar-refractivity contribution in [3.63, 3.8) is 0 Å². The second kappa shape index (κ2) is 10.2. The Morgan fingerprint density at radius 1 is 1.21 bits per heavy atom.